The average Bonchev–Trinajstić information content (AvgIpc) is 3.07. The number of carboxylic acids is 1. The van der Waals surface area contributed by atoms with E-state index in [-0.39, 0.29) is 18.2 Å². The van der Waals surface area contributed by atoms with Crippen molar-refractivity contribution in [2.24, 2.45) is 5.41 Å². The number of rotatable bonds is 6. The standard InChI is InChI=1S/C20H26N2O4/c23-17(13-20(19(25)26)9-2-3-10-20)21-16-7-5-6-15(12-16)14-22-11-4-1-8-18(22)24/h5-7,12H,1-4,8-11,13-14H2,(H,21,23)(H,25,26). The van der Waals surface area contributed by atoms with Gasteiger partial charge in [-0.1, -0.05) is 25.0 Å². The van der Waals surface area contributed by atoms with Gasteiger partial charge in [-0.3, -0.25) is 14.4 Å². The van der Waals surface area contributed by atoms with Crippen LogP contribution < -0.4 is 5.32 Å². The fourth-order valence-electron chi connectivity index (χ4n) is 4.03. The monoisotopic (exact) mass is 358 g/mol. The summed E-state index contributed by atoms with van der Waals surface area (Å²) >= 11 is 0. The van der Waals surface area contributed by atoms with Crippen LogP contribution in [0.15, 0.2) is 24.3 Å². The van der Waals surface area contributed by atoms with E-state index >= 15 is 0 Å². The summed E-state index contributed by atoms with van der Waals surface area (Å²) in [6, 6.07) is 7.44. The molecule has 6 heteroatoms. The van der Waals surface area contributed by atoms with E-state index in [0.717, 1.165) is 37.8 Å². The molecule has 1 saturated heterocycles. The smallest absolute Gasteiger partial charge is 0.310 e. The number of nitrogens with one attached hydrogen (secondary N) is 1. The summed E-state index contributed by atoms with van der Waals surface area (Å²) in [5.41, 5.74) is 0.699. The minimum absolute atomic E-state index is 0.0111. The molecule has 1 aliphatic heterocycles. The fraction of sp³-hybridized carbons (Fsp3) is 0.550. The van der Waals surface area contributed by atoms with Gasteiger partial charge in [0.05, 0.1) is 5.41 Å². The van der Waals surface area contributed by atoms with Gasteiger partial charge in [0.25, 0.3) is 0 Å². The van der Waals surface area contributed by atoms with Gasteiger partial charge in [0.1, 0.15) is 0 Å². The molecular weight excluding hydrogens is 332 g/mol. The Hall–Kier alpha value is -2.37. The SMILES string of the molecule is O=C(CC1(C(=O)O)CCCC1)Nc1cccc(CN2CCCCC2=O)c1. The van der Waals surface area contributed by atoms with Crippen molar-refractivity contribution in [3.63, 3.8) is 0 Å². The molecule has 2 fully saturated rings. The second-order valence-electron chi connectivity index (χ2n) is 7.49. The normalized spacial score (nSPS) is 19.4. The Morgan fingerprint density at radius 3 is 2.62 bits per heavy atom. The van der Waals surface area contributed by atoms with Crippen molar-refractivity contribution >= 4 is 23.5 Å². The van der Waals surface area contributed by atoms with Crippen LogP contribution in [0.4, 0.5) is 5.69 Å². The molecule has 1 aromatic rings. The van der Waals surface area contributed by atoms with Crippen molar-refractivity contribution in [2.75, 3.05) is 11.9 Å². The highest BCUT2D eigenvalue weighted by Crippen LogP contribution is 2.41. The van der Waals surface area contributed by atoms with Gasteiger partial charge < -0.3 is 15.3 Å². The molecule has 0 bridgehead atoms. The zero-order chi connectivity index (χ0) is 18.6. The Bertz CT molecular complexity index is 695. The zero-order valence-corrected chi connectivity index (χ0v) is 15.0. The lowest BCUT2D eigenvalue weighted by molar-refractivity contribution is -0.150. The van der Waals surface area contributed by atoms with E-state index in [4.69, 9.17) is 0 Å². The van der Waals surface area contributed by atoms with Crippen LogP contribution in [-0.2, 0) is 20.9 Å². The zero-order valence-electron chi connectivity index (χ0n) is 15.0. The fourth-order valence-corrected chi connectivity index (χ4v) is 4.03. The van der Waals surface area contributed by atoms with E-state index in [9.17, 15) is 19.5 Å². The van der Waals surface area contributed by atoms with E-state index in [1.165, 1.54) is 0 Å². The Labute approximate surface area is 153 Å². The van der Waals surface area contributed by atoms with Crippen LogP contribution in [-0.4, -0.2) is 34.3 Å². The van der Waals surface area contributed by atoms with E-state index < -0.39 is 11.4 Å². The highest BCUT2D eigenvalue weighted by atomic mass is 16.4. The van der Waals surface area contributed by atoms with Crippen molar-refractivity contribution in [3.05, 3.63) is 29.8 Å². The number of amides is 2. The highest BCUT2D eigenvalue weighted by molar-refractivity contribution is 5.94. The molecule has 2 aliphatic rings. The number of carboxylic acid groups (broad SMARTS) is 1. The van der Waals surface area contributed by atoms with Crippen LogP contribution in [0.3, 0.4) is 0 Å². The molecule has 1 aromatic carbocycles. The lowest BCUT2D eigenvalue weighted by Crippen LogP contribution is -2.34. The number of carbonyl (C=O) groups excluding carboxylic acids is 2. The van der Waals surface area contributed by atoms with Gasteiger partial charge in [-0.25, -0.2) is 0 Å². The Morgan fingerprint density at radius 1 is 1.15 bits per heavy atom. The van der Waals surface area contributed by atoms with Gasteiger partial charge in [-0.2, -0.15) is 0 Å². The molecule has 0 unspecified atom stereocenters. The van der Waals surface area contributed by atoms with Crippen LogP contribution in [0.25, 0.3) is 0 Å². The molecular formula is C20H26N2O4. The van der Waals surface area contributed by atoms with Crippen molar-refractivity contribution in [2.45, 2.75) is 57.9 Å². The maximum absolute atomic E-state index is 12.4. The summed E-state index contributed by atoms with van der Waals surface area (Å²) in [5.74, 6) is -0.960. The van der Waals surface area contributed by atoms with Gasteiger partial charge in [-0.15, -0.1) is 0 Å². The molecule has 2 N–H and O–H groups in total. The van der Waals surface area contributed by atoms with Crippen molar-refractivity contribution in [1.29, 1.82) is 0 Å². The summed E-state index contributed by atoms with van der Waals surface area (Å²) in [4.78, 5) is 37.8. The predicted molar refractivity (Wildman–Crippen MR) is 97.5 cm³/mol. The minimum atomic E-state index is -0.915. The van der Waals surface area contributed by atoms with E-state index in [1.54, 1.807) is 6.07 Å². The number of piperidine rings is 1. The Kier molecular flexibility index (Phi) is 5.59. The molecule has 1 aliphatic carbocycles. The first-order valence-corrected chi connectivity index (χ1v) is 9.38. The molecule has 2 amide bonds. The molecule has 1 heterocycles. The average molecular weight is 358 g/mol. The molecule has 6 nitrogen and oxygen atoms in total. The van der Waals surface area contributed by atoms with Gasteiger partial charge >= 0.3 is 5.97 Å². The molecule has 0 spiro atoms. The summed E-state index contributed by atoms with van der Waals surface area (Å²) in [5, 5.41) is 12.3. The van der Waals surface area contributed by atoms with Crippen LogP contribution in [0.1, 0.15) is 56.9 Å². The summed E-state index contributed by atoms with van der Waals surface area (Å²) < 4.78 is 0. The first-order valence-electron chi connectivity index (χ1n) is 9.38. The highest BCUT2D eigenvalue weighted by Gasteiger charge is 2.42. The van der Waals surface area contributed by atoms with Crippen molar-refractivity contribution < 1.29 is 19.5 Å². The second-order valence-corrected chi connectivity index (χ2v) is 7.49. The van der Waals surface area contributed by atoms with Crippen molar-refractivity contribution in [3.8, 4) is 0 Å². The predicted octanol–water partition coefficient (Wildman–Crippen LogP) is 3.17. The minimum Gasteiger partial charge on any atom is -0.481 e. The molecule has 0 aromatic heterocycles. The van der Waals surface area contributed by atoms with Crippen LogP contribution >= 0.6 is 0 Å². The number of hydrogen-bond acceptors (Lipinski definition) is 3. The molecule has 1 saturated carbocycles. The number of nitrogens with zero attached hydrogens (tertiary/aromatic N) is 1. The number of anilines is 1. The number of benzene rings is 1. The Balaban J connectivity index is 1.62. The summed E-state index contributed by atoms with van der Waals surface area (Å²) in [7, 11) is 0. The molecule has 140 valence electrons. The molecule has 26 heavy (non-hydrogen) atoms. The van der Waals surface area contributed by atoms with Crippen LogP contribution in [0.5, 0.6) is 0 Å². The molecule has 3 rings (SSSR count). The van der Waals surface area contributed by atoms with Crippen LogP contribution in [0, 0.1) is 5.41 Å². The third kappa shape index (κ3) is 4.23. The molecule has 0 atom stereocenters. The van der Waals surface area contributed by atoms with Gasteiger partial charge in [-0.05, 0) is 43.4 Å². The van der Waals surface area contributed by atoms with E-state index in [1.807, 2.05) is 23.1 Å². The topological polar surface area (TPSA) is 86.7 Å². The number of carbonyl (C=O) groups is 3. The largest absolute Gasteiger partial charge is 0.481 e. The Morgan fingerprint density at radius 2 is 1.92 bits per heavy atom. The number of aliphatic carboxylic acids is 1. The summed E-state index contributed by atoms with van der Waals surface area (Å²) in [6.45, 7) is 1.32. The van der Waals surface area contributed by atoms with Gasteiger partial charge in [0.15, 0.2) is 0 Å². The van der Waals surface area contributed by atoms with E-state index in [2.05, 4.69) is 5.32 Å². The van der Waals surface area contributed by atoms with Gasteiger partial charge in [0.2, 0.25) is 11.8 Å². The third-order valence-corrected chi connectivity index (χ3v) is 5.52. The second kappa shape index (κ2) is 7.89. The van der Waals surface area contributed by atoms with Crippen LogP contribution in [0.2, 0.25) is 0 Å². The lowest BCUT2D eigenvalue weighted by Gasteiger charge is -2.27. The summed E-state index contributed by atoms with van der Waals surface area (Å²) in [6.07, 6.45) is 5.44. The number of hydrogen-bond donors (Lipinski definition) is 2. The molecule has 0 radical (unpaired) electrons. The van der Waals surface area contributed by atoms with Gasteiger partial charge in [0, 0.05) is 31.6 Å². The third-order valence-electron chi connectivity index (χ3n) is 5.52. The lowest BCUT2D eigenvalue weighted by atomic mass is 9.82. The van der Waals surface area contributed by atoms with E-state index in [0.29, 0.717) is 31.5 Å². The first kappa shape index (κ1) is 18.4. The maximum atomic E-state index is 12.4. The number of likely N-dealkylation sites (tertiary alicyclic amines) is 1. The first-order chi connectivity index (χ1) is 12.5. The maximum Gasteiger partial charge on any atom is 0.310 e. The van der Waals surface area contributed by atoms with Crippen molar-refractivity contribution in [1.82, 2.24) is 4.90 Å². The quantitative estimate of drug-likeness (QED) is 0.818.